The molecule has 2 amide bonds. The molecule has 1 aromatic carbocycles. The van der Waals surface area contributed by atoms with E-state index in [9.17, 15) is 18.4 Å². The Labute approximate surface area is 151 Å². The zero-order valence-corrected chi connectivity index (χ0v) is 15.1. The molecule has 0 radical (unpaired) electrons. The number of likely N-dealkylation sites (tertiary alicyclic amines) is 1. The molecule has 0 N–H and O–H groups in total. The molecule has 26 heavy (non-hydrogen) atoms. The molecular weight excluding hydrogens is 340 g/mol. The van der Waals surface area contributed by atoms with Crippen molar-refractivity contribution in [2.75, 3.05) is 20.1 Å². The third-order valence-electron chi connectivity index (χ3n) is 5.17. The van der Waals surface area contributed by atoms with Crippen molar-refractivity contribution in [3.63, 3.8) is 0 Å². The van der Waals surface area contributed by atoms with Crippen LogP contribution in [0.25, 0.3) is 0 Å². The van der Waals surface area contributed by atoms with E-state index >= 15 is 0 Å². The summed E-state index contributed by atoms with van der Waals surface area (Å²) in [5.41, 5.74) is -0.803. The van der Waals surface area contributed by atoms with Crippen molar-refractivity contribution in [3.05, 3.63) is 35.4 Å². The van der Waals surface area contributed by atoms with Crippen LogP contribution in [0, 0.1) is 11.6 Å². The molecule has 2 aliphatic rings. The first-order chi connectivity index (χ1) is 12.4. The van der Waals surface area contributed by atoms with E-state index in [0.29, 0.717) is 25.9 Å². The number of piperidine rings is 1. The van der Waals surface area contributed by atoms with Gasteiger partial charge in [0.05, 0.1) is 0 Å². The number of carbonyl (C=O) groups excluding carboxylic acids is 2. The van der Waals surface area contributed by atoms with Crippen molar-refractivity contribution >= 4 is 17.6 Å². The van der Waals surface area contributed by atoms with Crippen LogP contribution >= 0.6 is 0 Å². The van der Waals surface area contributed by atoms with Gasteiger partial charge in [0.25, 0.3) is 11.8 Å². The standard InChI is InChI=1S/C19H23F2N3O2/c1-3-4-5-16-22-19(18(26)23(16)2)6-8-24(9-7-19)17(25)13-10-14(20)12-15(21)11-13/h10-12H,3-9H2,1-2H3. The van der Waals surface area contributed by atoms with Gasteiger partial charge in [0.2, 0.25) is 0 Å². The van der Waals surface area contributed by atoms with Crippen LogP contribution in [-0.2, 0) is 4.79 Å². The molecule has 0 bridgehead atoms. The minimum atomic E-state index is -0.790. The van der Waals surface area contributed by atoms with Crippen LogP contribution < -0.4 is 0 Å². The molecule has 1 fully saturated rings. The number of hydrogen-bond donors (Lipinski definition) is 0. The number of carbonyl (C=O) groups is 2. The van der Waals surface area contributed by atoms with Gasteiger partial charge in [-0.05, 0) is 31.4 Å². The SMILES string of the molecule is CCCCC1=NC2(CCN(C(=O)c3cc(F)cc(F)c3)CC2)C(=O)N1C. The molecule has 0 unspecified atom stereocenters. The van der Waals surface area contributed by atoms with Gasteiger partial charge in [-0.1, -0.05) is 13.3 Å². The van der Waals surface area contributed by atoms with E-state index < -0.39 is 23.1 Å². The Hall–Kier alpha value is -2.31. The second-order valence-electron chi connectivity index (χ2n) is 6.98. The molecule has 7 heteroatoms. The van der Waals surface area contributed by atoms with E-state index in [-0.39, 0.29) is 11.5 Å². The molecule has 1 spiro atoms. The summed E-state index contributed by atoms with van der Waals surface area (Å²) < 4.78 is 26.7. The molecule has 2 aliphatic heterocycles. The van der Waals surface area contributed by atoms with Gasteiger partial charge in [-0.2, -0.15) is 0 Å². The van der Waals surface area contributed by atoms with Crippen LogP contribution in [0.4, 0.5) is 8.78 Å². The highest BCUT2D eigenvalue weighted by atomic mass is 19.1. The van der Waals surface area contributed by atoms with E-state index in [1.54, 1.807) is 11.9 Å². The van der Waals surface area contributed by atoms with Crippen molar-refractivity contribution in [2.24, 2.45) is 4.99 Å². The highest BCUT2D eigenvalue weighted by molar-refractivity contribution is 6.08. The lowest BCUT2D eigenvalue weighted by atomic mass is 9.87. The summed E-state index contributed by atoms with van der Waals surface area (Å²) >= 11 is 0. The number of benzene rings is 1. The maximum Gasteiger partial charge on any atom is 0.255 e. The van der Waals surface area contributed by atoms with Gasteiger partial charge in [0, 0.05) is 38.2 Å². The molecule has 1 aromatic rings. The minimum Gasteiger partial charge on any atom is -0.338 e. The van der Waals surface area contributed by atoms with Gasteiger partial charge < -0.3 is 9.80 Å². The summed E-state index contributed by atoms with van der Waals surface area (Å²) in [6.07, 6.45) is 3.62. The van der Waals surface area contributed by atoms with Crippen molar-refractivity contribution in [1.82, 2.24) is 9.80 Å². The van der Waals surface area contributed by atoms with E-state index in [0.717, 1.165) is 43.3 Å². The van der Waals surface area contributed by atoms with Gasteiger partial charge in [-0.25, -0.2) is 8.78 Å². The second-order valence-corrected chi connectivity index (χ2v) is 6.98. The van der Waals surface area contributed by atoms with Crippen molar-refractivity contribution < 1.29 is 18.4 Å². The van der Waals surface area contributed by atoms with Crippen molar-refractivity contribution in [1.29, 1.82) is 0 Å². The van der Waals surface area contributed by atoms with Crippen LogP contribution in [0.5, 0.6) is 0 Å². The molecule has 3 rings (SSSR count). The predicted molar refractivity (Wildman–Crippen MR) is 94.0 cm³/mol. The molecule has 0 aliphatic carbocycles. The Morgan fingerprint density at radius 1 is 1.19 bits per heavy atom. The lowest BCUT2D eigenvalue weighted by Crippen LogP contribution is -2.50. The first kappa shape index (κ1) is 18.5. The van der Waals surface area contributed by atoms with E-state index in [1.165, 1.54) is 4.90 Å². The van der Waals surface area contributed by atoms with Gasteiger partial charge in [-0.15, -0.1) is 0 Å². The van der Waals surface area contributed by atoms with E-state index in [2.05, 4.69) is 6.92 Å². The number of rotatable bonds is 4. The fraction of sp³-hybridized carbons (Fsp3) is 0.526. The molecule has 5 nitrogen and oxygen atoms in total. The van der Waals surface area contributed by atoms with Crippen molar-refractivity contribution in [2.45, 2.75) is 44.6 Å². The normalized spacial score (nSPS) is 19.2. The summed E-state index contributed by atoms with van der Waals surface area (Å²) in [5, 5.41) is 0. The Kier molecular flexibility index (Phi) is 5.07. The lowest BCUT2D eigenvalue weighted by molar-refractivity contribution is -0.131. The Bertz CT molecular complexity index is 735. The molecule has 0 saturated carbocycles. The summed E-state index contributed by atoms with van der Waals surface area (Å²) in [7, 11) is 1.75. The predicted octanol–water partition coefficient (Wildman–Crippen LogP) is 3.00. The molecule has 0 aromatic heterocycles. The van der Waals surface area contributed by atoms with Crippen LogP contribution in [0.1, 0.15) is 49.4 Å². The molecule has 2 heterocycles. The van der Waals surface area contributed by atoms with Gasteiger partial charge in [0.15, 0.2) is 0 Å². The Morgan fingerprint density at radius 3 is 2.38 bits per heavy atom. The number of nitrogens with zero attached hydrogens (tertiary/aromatic N) is 3. The lowest BCUT2D eigenvalue weighted by Gasteiger charge is -2.36. The number of amides is 2. The number of unbranched alkanes of at least 4 members (excludes halogenated alkanes) is 1. The minimum absolute atomic E-state index is 0.0135. The van der Waals surface area contributed by atoms with Crippen LogP contribution in [0.15, 0.2) is 23.2 Å². The van der Waals surface area contributed by atoms with Gasteiger partial charge >= 0.3 is 0 Å². The second kappa shape index (κ2) is 7.13. The zero-order chi connectivity index (χ0) is 18.9. The highest BCUT2D eigenvalue weighted by Crippen LogP contribution is 2.34. The fourth-order valence-corrected chi connectivity index (χ4v) is 3.62. The van der Waals surface area contributed by atoms with Crippen molar-refractivity contribution in [3.8, 4) is 0 Å². The molecule has 0 atom stereocenters. The van der Waals surface area contributed by atoms with Crippen LogP contribution in [0.3, 0.4) is 0 Å². The van der Waals surface area contributed by atoms with Crippen LogP contribution in [0.2, 0.25) is 0 Å². The highest BCUT2D eigenvalue weighted by Gasteiger charge is 2.48. The number of aliphatic imine (C=N–C) groups is 1. The number of hydrogen-bond acceptors (Lipinski definition) is 3. The number of halogens is 2. The zero-order valence-electron chi connectivity index (χ0n) is 15.1. The number of likely N-dealkylation sites (N-methyl/N-ethyl adjacent to an activating group) is 1. The summed E-state index contributed by atoms with van der Waals surface area (Å²) in [6, 6.07) is 2.80. The fourth-order valence-electron chi connectivity index (χ4n) is 3.62. The average Bonchev–Trinajstić information content (AvgIpc) is 2.84. The smallest absolute Gasteiger partial charge is 0.255 e. The summed E-state index contributed by atoms with van der Waals surface area (Å²) in [6.45, 7) is 2.76. The Morgan fingerprint density at radius 2 is 1.81 bits per heavy atom. The third kappa shape index (κ3) is 3.34. The molecule has 140 valence electrons. The van der Waals surface area contributed by atoms with E-state index in [1.807, 2.05) is 0 Å². The van der Waals surface area contributed by atoms with E-state index in [4.69, 9.17) is 4.99 Å². The topological polar surface area (TPSA) is 53.0 Å². The monoisotopic (exact) mass is 363 g/mol. The van der Waals surface area contributed by atoms with Crippen LogP contribution in [-0.4, -0.2) is 53.1 Å². The van der Waals surface area contributed by atoms with Gasteiger partial charge in [-0.3, -0.25) is 14.6 Å². The first-order valence-electron chi connectivity index (χ1n) is 8.98. The largest absolute Gasteiger partial charge is 0.338 e. The maximum absolute atomic E-state index is 13.4. The average molecular weight is 363 g/mol. The third-order valence-corrected chi connectivity index (χ3v) is 5.17. The first-order valence-corrected chi connectivity index (χ1v) is 8.98. The quantitative estimate of drug-likeness (QED) is 0.826. The van der Waals surface area contributed by atoms with Gasteiger partial charge in [0.1, 0.15) is 23.0 Å². The Balaban J connectivity index is 1.71. The maximum atomic E-state index is 13.4. The summed E-state index contributed by atoms with van der Waals surface area (Å²) in [5.74, 6) is -1.19. The molecular formula is C19H23F2N3O2. The molecule has 1 saturated heterocycles. The summed E-state index contributed by atoms with van der Waals surface area (Å²) in [4.78, 5) is 33.1. The number of amidine groups is 1.